The Hall–Kier alpha value is -1.71. The number of rotatable bonds is 3. The maximum atomic E-state index is 12.8. The Labute approximate surface area is 98.9 Å². The van der Waals surface area contributed by atoms with Gasteiger partial charge in [-0.05, 0) is 43.0 Å². The molecule has 3 nitrogen and oxygen atoms in total. The Morgan fingerprint density at radius 2 is 2.00 bits per heavy atom. The lowest BCUT2D eigenvalue weighted by molar-refractivity contribution is -0.108. The molecule has 0 saturated heterocycles. The second kappa shape index (κ2) is 3.95. The van der Waals surface area contributed by atoms with Gasteiger partial charge in [0.25, 0.3) is 0 Å². The molecule has 1 unspecified atom stereocenters. The third kappa shape index (κ3) is 1.95. The summed E-state index contributed by atoms with van der Waals surface area (Å²) >= 11 is 0. The zero-order chi connectivity index (χ0) is 11.8. The fourth-order valence-corrected chi connectivity index (χ4v) is 2.17. The summed E-state index contributed by atoms with van der Waals surface area (Å²) in [7, 11) is 0. The van der Waals surface area contributed by atoms with E-state index in [1.807, 2.05) is 0 Å². The second-order valence-electron chi connectivity index (χ2n) is 4.59. The Balaban J connectivity index is 1.88. The number of hydrogen-bond donors (Lipinski definition) is 0. The van der Waals surface area contributed by atoms with Crippen LogP contribution in [-0.4, -0.2) is 18.0 Å². The first-order valence-electron chi connectivity index (χ1n) is 5.85. The summed E-state index contributed by atoms with van der Waals surface area (Å²) in [5.41, 5.74) is 1.89. The highest BCUT2D eigenvalue weighted by molar-refractivity contribution is 5.95. The van der Waals surface area contributed by atoms with Crippen LogP contribution in [0.2, 0.25) is 0 Å². The smallest absolute Gasteiger partial charge is 0.144 e. The number of halogens is 1. The van der Waals surface area contributed by atoms with Crippen molar-refractivity contribution in [3.63, 3.8) is 0 Å². The van der Waals surface area contributed by atoms with Crippen molar-refractivity contribution in [3.05, 3.63) is 30.1 Å². The summed E-state index contributed by atoms with van der Waals surface area (Å²) in [5, 5.41) is 6.21. The van der Waals surface area contributed by atoms with E-state index in [1.165, 1.54) is 25.0 Å². The molecule has 1 fully saturated rings. The van der Waals surface area contributed by atoms with E-state index in [2.05, 4.69) is 5.10 Å². The van der Waals surface area contributed by atoms with Gasteiger partial charge in [-0.2, -0.15) is 5.10 Å². The number of carbonyl (C=O) groups excluding carboxylic acids is 1. The molecule has 0 radical (unpaired) electrons. The van der Waals surface area contributed by atoms with Gasteiger partial charge >= 0.3 is 0 Å². The van der Waals surface area contributed by atoms with Crippen LogP contribution in [0.15, 0.2) is 29.4 Å². The van der Waals surface area contributed by atoms with Crippen molar-refractivity contribution in [2.75, 3.05) is 5.01 Å². The van der Waals surface area contributed by atoms with E-state index >= 15 is 0 Å². The Morgan fingerprint density at radius 1 is 1.29 bits per heavy atom. The lowest BCUT2D eigenvalue weighted by Gasteiger charge is -2.18. The zero-order valence-electron chi connectivity index (χ0n) is 9.34. The van der Waals surface area contributed by atoms with Crippen LogP contribution in [-0.2, 0) is 4.79 Å². The molecule has 3 rings (SSSR count). The SMILES string of the molecule is O=CC1CC(C2CC2)=NN1c1ccc(F)cc1. The first-order valence-corrected chi connectivity index (χ1v) is 5.85. The van der Waals surface area contributed by atoms with Crippen LogP contribution in [0.4, 0.5) is 10.1 Å². The molecular weight excluding hydrogens is 219 g/mol. The van der Waals surface area contributed by atoms with Gasteiger partial charge in [-0.25, -0.2) is 4.39 Å². The Bertz CT molecular complexity index is 465. The van der Waals surface area contributed by atoms with Gasteiger partial charge in [0.05, 0.1) is 5.69 Å². The first-order chi connectivity index (χ1) is 8.28. The maximum Gasteiger partial charge on any atom is 0.144 e. The van der Waals surface area contributed by atoms with Crippen molar-refractivity contribution in [1.82, 2.24) is 0 Å². The summed E-state index contributed by atoms with van der Waals surface area (Å²) in [6, 6.07) is 5.87. The van der Waals surface area contributed by atoms with Crippen LogP contribution < -0.4 is 5.01 Å². The largest absolute Gasteiger partial charge is 0.301 e. The molecule has 1 aliphatic heterocycles. The van der Waals surface area contributed by atoms with E-state index < -0.39 is 0 Å². The molecule has 88 valence electrons. The predicted octanol–water partition coefficient (Wildman–Crippen LogP) is 2.37. The summed E-state index contributed by atoms with van der Waals surface area (Å²) < 4.78 is 12.8. The highest BCUT2D eigenvalue weighted by atomic mass is 19.1. The molecule has 2 aliphatic rings. The van der Waals surface area contributed by atoms with E-state index in [1.54, 1.807) is 17.1 Å². The third-order valence-corrected chi connectivity index (χ3v) is 3.27. The lowest BCUT2D eigenvalue weighted by Crippen LogP contribution is -2.27. The predicted molar refractivity (Wildman–Crippen MR) is 63.5 cm³/mol. The van der Waals surface area contributed by atoms with E-state index in [0.717, 1.165) is 17.7 Å². The number of hydrogen-bond acceptors (Lipinski definition) is 3. The summed E-state index contributed by atoms with van der Waals surface area (Å²) in [6.07, 6.45) is 4.00. The van der Waals surface area contributed by atoms with Crippen LogP contribution >= 0.6 is 0 Å². The van der Waals surface area contributed by atoms with Crippen molar-refractivity contribution < 1.29 is 9.18 Å². The Morgan fingerprint density at radius 3 is 2.59 bits per heavy atom. The molecule has 1 heterocycles. The van der Waals surface area contributed by atoms with Crippen LogP contribution in [0.5, 0.6) is 0 Å². The minimum atomic E-state index is -0.276. The average Bonchev–Trinajstić information content (AvgIpc) is 3.10. The van der Waals surface area contributed by atoms with Gasteiger partial charge < -0.3 is 4.79 Å². The Kier molecular flexibility index (Phi) is 2.42. The fourth-order valence-electron chi connectivity index (χ4n) is 2.17. The van der Waals surface area contributed by atoms with Crippen molar-refractivity contribution >= 4 is 17.7 Å². The molecule has 0 amide bonds. The summed E-state index contributed by atoms with van der Waals surface area (Å²) in [5.74, 6) is 0.296. The lowest BCUT2D eigenvalue weighted by atomic mass is 10.1. The standard InChI is InChI=1S/C13H13FN2O/c14-10-3-5-11(6-4-10)16-12(8-17)7-13(15-16)9-1-2-9/h3-6,8-9,12H,1-2,7H2. The molecule has 1 atom stereocenters. The number of carbonyl (C=O) groups is 1. The molecule has 0 spiro atoms. The number of nitrogens with zero attached hydrogens (tertiary/aromatic N) is 2. The van der Waals surface area contributed by atoms with E-state index in [0.29, 0.717) is 12.3 Å². The zero-order valence-corrected chi connectivity index (χ0v) is 9.34. The van der Waals surface area contributed by atoms with Gasteiger partial charge in [-0.1, -0.05) is 0 Å². The quantitative estimate of drug-likeness (QED) is 0.749. The highest BCUT2D eigenvalue weighted by Crippen LogP contribution is 2.36. The van der Waals surface area contributed by atoms with Crippen molar-refractivity contribution in [2.24, 2.45) is 11.0 Å². The summed E-state index contributed by atoms with van der Waals surface area (Å²) in [6.45, 7) is 0. The number of anilines is 1. The van der Waals surface area contributed by atoms with E-state index in [-0.39, 0.29) is 11.9 Å². The van der Waals surface area contributed by atoms with Crippen LogP contribution in [0.1, 0.15) is 19.3 Å². The molecular formula is C13H13FN2O. The average molecular weight is 232 g/mol. The van der Waals surface area contributed by atoms with Crippen molar-refractivity contribution in [3.8, 4) is 0 Å². The molecule has 0 bridgehead atoms. The molecule has 1 aromatic carbocycles. The molecule has 1 aromatic rings. The summed E-state index contributed by atoms with van der Waals surface area (Å²) in [4.78, 5) is 11.1. The van der Waals surface area contributed by atoms with Crippen LogP contribution in [0.3, 0.4) is 0 Å². The van der Waals surface area contributed by atoms with Crippen LogP contribution in [0.25, 0.3) is 0 Å². The van der Waals surface area contributed by atoms with Gasteiger partial charge in [-0.3, -0.25) is 5.01 Å². The monoisotopic (exact) mass is 232 g/mol. The topological polar surface area (TPSA) is 32.7 Å². The molecule has 4 heteroatoms. The minimum absolute atomic E-state index is 0.226. The number of hydrazone groups is 1. The molecule has 0 aromatic heterocycles. The molecule has 1 aliphatic carbocycles. The van der Waals surface area contributed by atoms with Crippen molar-refractivity contribution in [1.29, 1.82) is 0 Å². The van der Waals surface area contributed by atoms with Gasteiger partial charge in [0, 0.05) is 12.1 Å². The van der Waals surface area contributed by atoms with Crippen LogP contribution in [0, 0.1) is 11.7 Å². The number of benzene rings is 1. The molecule has 1 saturated carbocycles. The second-order valence-corrected chi connectivity index (χ2v) is 4.59. The number of aldehydes is 1. The van der Waals surface area contributed by atoms with Gasteiger partial charge in [0.1, 0.15) is 18.1 Å². The molecule has 0 N–H and O–H groups in total. The van der Waals surface area contributed by atoms with E-state index in [4.69, 9.17) is 0 Å². The molecule has 17 heavy (non-hydrogen) atoms. The minimum Gasteiger partial charge on any atom is -0.301 e. The maximum absolute atomic E-state index is 12.8. The van der Waals surface area contributed by atoms with Crippen molar-refractivity contribution in [2.45, 2.75) is 25.3 Å². The normalized spacial score (nSPS) is 23.7. The highest BCUT2D eigenvalue weighted by Gasteiger charge is 2.36. The van der Waals surface area contributed by atoms with E-state index in [9.17, 15) is 9.18 Å². The van der Waals surface area contributed by atoms with Gasteiger partial charge in [0.15, 0.2) is 0 Å². The first kappa shape index (κ1) is 10.4. The fraction of sp³-hybridized carbons (Fsp3) is 0.385. The third-order valence-electron chi connectivity index (χ3n) is 3.27. The van der Waals surface area contributed by atoms with Gasteiger partial charge in [-0.15, -0.1) is 0 Å². The van der Waals surface area contributed by atoms with Gasteiger partial charge in [0.2, 0.25) is 0 Å².